The predicted octanol–water partition coefficient (Wildman–Crippen LogP) is 2.09. The van der Waals surface area contributed by atoms with Crippen LogP contribution in [0.25, 0.3) is 0 Å². The minimum atomic E-state index is -0.0859. The number of piperazine rings is 1. The molecule has 120 valence electrons. The lowest BCUT2D eigenvalue weighted by molar-refractivity contribution is -0.148. The first-order valence-corrected chi connectivity index (χ1v) is 10.5. The van der Waals surface area contributed by atoms with Crippen LogP contribution in [0, 0.1) is 0 Å². The fourth-order valence-corrected chi connectivity index (χ4v) is 4.47. The van der Waals surface area contributed by atoms with Gasteiger partial charge in [0.25, 0.3) is 0 Å². The molecule has 21 heavy (non-hydrogen) atoms. The van der Waals surface area contributed by atoms with Crippen LogP contribution in [-0.4, -0.2) is 70.8 Å². The third kappa shape index (κ3) is 3.89. The van der Waals surface area contributed by atoms with Gasteiger partial charge in [-0.2, -0.15) is 23.5 Å². The minimum Gasteiger partial charge on any atom is -0.338 e. The quantitative estimate of drug-likeness (QED) is 0.791. The second kappa shape index (κ2) is 7.77. The molecule has 1 saturated carbocycles. The summed E-state index contributed by atoms with van der Waals surface area (Å²) in [6.45, 7) is 2.15. The van der Waals surface area contributed by atoms with Crippen molar-refractivity contribution in [1.82, 2.24) is 9.80 Å². The van der Waals surface area contributed by atoms with Crippen molar-refractivity contribution in [1.29, 1.82) is 0 Å². The van der Waals surface area contributed by atoms with Gasteiger partial charge in [-0.25, -0.2) is 0 Å². The second-order valence-corrected chi connectivity index (χ2v) is 7.74. The highest BCUT2D eigenvalue weighted by molar-refractivity contribution is 7.99. The number of carbonyl (C=O) groups excluding carboxylic acids is 2. The molecule has 1 spiro atoms. The molecule has 0 aromatic carbocycles. The van der Waals surface area contributed by atoms with E-state index in [0.717, 1.165) is 19.4 Å². The molecule has 0 aromatic heterocycles. The van der Waals surface area contributed by atoms with Gasteiger partial charge in [-0.1, -0.05) is 19.3 Å². The normalized spacial score (nSPS) is 21.6. The van der Waals surface area contributed by atoms with Gasteiger partial charge in [-0.15, -0.1) is 0 Å². The van der Waals surface area contributed by atoms with Crippen molar-refractivity contribution in [2.24, 2.45) is 0 Å². The van der Waals surface area contributed by atoms with Gasteiger partial charge < -0.3 is 9.80 Å². The van der Waals surface area contributed by atoms with Crippen molar-refractivity contribution in [2.75, 3.05) is 43.7 Å². The fourth-order valence-electron chi connectivity index (χ4n) is 3.63. The van der Waals surface area contributed by atoms with E-state index in [4.69, 9.17) is 0 Å². The van der Waals surface area contributed by atoms with Crippen LogP contribution in [0.3, 0.4) is 0 Å². The maximum atomic E-state index is 12.5. The highest BCUT2D eigenvalue weighted by atomic mass is 32.2. The summed E-state index contributed by atoms with van der Waals surface area (Å²) in [6, 6.07) is 0. The largest absolute Gasteiger partial charge is 0.338 e. The summed E-state index contributed by atoms with van der Waals surface area (Å²) in [6.07, 6.45) is 9.65. The topological polar surface area (TPSA) is 40.6 Å². The van der Waals surface area contributed by atoms with Gasteiger partial charge in [-0.3, -0.25) is 9.59 Å². The molecule has 1 aliphatic carbocycles. The Bertz CT molecular complexity index is 384. The van der Waals surface area contributed by atoms with E-state index >= 15 is 0 Å². The van der Waals surface area contributed by atoms with Crippen LogP contribution in [0.2, 0.25) is 0 Å². The number of thioether (sulfide) groups is 2. The first kappa shape index (κ1) is 17.0. The SMILES string of the molecule is CSCC(=O)N1CCN(C(=O)CSC)C2(CCCCC2)C1. The molecule has 1 heterocycles. The number of rotatable bonds is 4. The standard InChI is InChI=1S/C15H26N2O2S2/c1-20-10-13(18)16-8-9-17(14(19)11-21-2)15(12-16)6-4-3-5-7-15/h3-12H2,1-2H3. The minimum absolute atomic E-state index is 0.0859. The molecule has 2 aliphatic rings. The maximum absolute atomic E-state index is 12.5. The number of nitrogens with zero attached hydrogens (tertiary/aromatic N) is 2. The van der Waals surface area contributed by atoms with Crippen LogP contribution < -0.4 is 0 Å². The molecule has 2 rings (SSSR count). The third-order valence-corrected chi connectivity index (χ3v) is 5.70. The summed E-state index contributed by atoms with van der Waals surface area (Å²) in [5.41, 5.74) is -0.0859. The predicted molar refractivity (Wildman–Crippen MR) is 90.9 cm³/mol. The number of carbonyl (C=O) groups is 2. The molecule has 4 nitrogen and oxygen atoms in total. The third-order valence-electron chi connectivity index (χ3n) is 4.62. The van der Waals surface area contributed by atoms with Gasteiger partial charge in [0.1, 0.15) is 0 Å². The molecular formula is C15H26N2O2S2. The molecule has 0 radical (unpaired) electrons. The molecule has 0 aromatic rings. The fraction of sp³-hybridized carbons (Fsp3) is 0.867. The lowest BCUT2D eigenvalue weighted by Crippen LogP contribution is -2.65. The van der Waals surface area contributed by atoms with Crippen LogP contribution in [0.15, 0.2) is 0 Å². The first-order valence-electron chi connectivity index (χ1n) is 7.69. The summed E-state index contributed by atoms with van der Waals surface area (Å²) >= 11 is 3.17. The Morgan fingerprint density at radius 2 is 1.57 bits per heavy atom. The maximum Gasteiger partial charge on any atom is 0.233 e. The average Bonchev–Trinajstić information content (AvgIpc) is 2.48. The van der Waals surface area contributed by atoms with Gasteiger partial charge in [0, 0.05) is 19.6 Å². The molecule has 0 unspecified atom stereocenters. The van der Waals surface area contributed by atoms with E-state index in [1.807, 2.05) is 17.4 Å². The van der Waals surface area contributed by atoms with Crippen molar-refractivity contribution in [2.45, 2.75) is 37.6 Å². The van der Waals surface area contributed by atoms with Crippen molar-refractivity contribution < 1.29 is 9.59 Å². The average molecular weight is 331 g/mol. The van der Waals surface area contributed by atoms with Crippen LogP contribution in [0.5, 0.6) is 0 Å². The van der Waals surface area contributed by atoms with E-state index in [1.165, 1.54) is 19.3 Å². The summed E-state index contributed by atoms with van der Waals surface area (Å²) < 4.78 is 0. The molecule has 0 N–H and O–H groups in total. The zero-order valence-electron chi connectivity index (χ0n) is 13.1. The monoisotopic (exact) mass is 330 g/mol. The first-order chi connectivity index (χ1) is 10.1. The van der Waals surface area contributed by atoms with Crippen LogP contribution in [0.1, 0.15) is 32.1 Å². The van der Waals surface area contributed by atoms with Gasteiger partial charge >= 0.3 is 0 Å². The van der Waals surface area contributed by atoms with Crippen LogP contribution in [-0.2, 0) is 9.59 Å². The van der Waals surface area contributed by atoms with Crippen molar-refractivity contribution in [3.63, 3.8) is 0 Å². The van der Waals surface area contributed by atoms with E-state index in [9.17, 15) is 9.59 Å². The molecule has 0 bridgehead atoms. The van der Waals surface area contributed by atoms with Crippen molar-refractivity contribution in [3.8, 4) is 0 Å². The Labute approximate surface area is 136 Å². The second-order valence-electron chi connectivity index (χ2n) is 6.01. The highest BCUT2D eigenvalue weighted by Crippen LogP contribution is 2.37. The Hall–Kier alpha value is -0.360. The van der Waals surface area contributed by atoms with Crippen LogP contribution >= 0.6 is 23.5 Å². The Morgan fingerprint density at radius 3 is 2.19 bits per heavy atom. The van der Waals surface area contributed by atoms with E-state index in [0.29, 0.717) is 24.6 Å². The Balaban J connectivity index is 2.13. The molecule has 2 fully saturated rings. The number of hydrogen-bond acceptors (Lipinski definition) is 4. The lowest BCUT2D eigenvalue weighted by atomic mass is 9.78. The molecule has 0 atom stereocenters. The van der Waals surface area contributed by atoms with E-state index < -0.39 is 0 Å². The Morgan fingerprint density at radius 1 is 0.952 bits per heavy atom. The van der Waals surface area contributed by atoms with E-state index in [-0.39, 0.29) is 17.4 Å². The summed E-state index contributed by atoms with van der Waals surface area (Å²) in [5.74, 6) is 1.58. The molecule has 6 heteroatoms. The zero-order chi connectivity index (χ0) is 15.3. The van der Waals surface area contributed by atoms with Crippen LogP contribution in [0.4, 0.5) is 0 Å². The molecule has 1 saturated heterocycles. The smallest absolute Gasteiger partial charge is 0.233 e. The van der Waals surface area contributed by atoms with Gasteiger partial charge in [0.05, 0.1) is 17.0 Å². The van der Waals surface area contributed by atoms with Gasteiger partial charge in [0.15, 0.2) is 0 Å². The van der Waals surface area contributed by atoms with E-state index in [1.54, 1.807) is 23.5 Å². The molecular weight excluding hydrogens is 304 g/mol. The zero-order valence-corrected chi connectivity index (χ0v) is 14.7. The summed E-state index contributed by atoms with van der Waals surface area (Å²) in [7, 11) is 0. The van der Waals surface area contributed by atoms with Crippen molar-refractivity contribution >= 4 is 35.3 Å². The lowest BCUT2D eigenvalue weighted by Gasteiger charge is -2.52. The Kier molecular flexibility index (Phi) is 6.29. The number of hydrogen-bond donors (Lipinski definition) is 0. The van der Waals surface area contributed by atoms with Gasteiger partial charge in [0.2, 0.25) is 11.8 Å². The number of amides is 2. The van der Waals surface area contributed by atoms with E-state index in [2.05, 4.69) is 4.90 Å². The molecule has 1 aliphatic heterocycles. The highest BCUT2D eigenvalue weighted by Gasteiger charge is 2.45. The summed E-state index contributed by atoms with van der Waals surface area (Å²) in [4.78, 5) is 28.8. The van der Waals surface area contributed by atoms with Crippen molar-refractivity contribution in [3.05, 3.63) is 0 Å². The summed E-state index contributed by atoms with van der Waals surface area (Å²) in [5, 5.41) is 0. The van der Waals surface area contributed by atoms with Gasteiger partial charge in [-0.05, 0) is 25.4 Å². The molecule has 2 amide bonds.